The molecule has 0 radical (unpaired) electrons. The molecule has 0 unspecified atom stereocenters. The summed E-state index contributed by atoms with van der Waals surface area (Å²) in [4.78, 5) is 14.5. The van der Waals surface area contributed by atoms with Gasteiger partial charge in [-0.15, -0.1) is 0 Å². The van der Waals surface area contributed by atoms with Crippen molar-refractivity contribution < 1.29 is 9.66 Å². The Kier molecular flexibility index (Phi) is 6.02. The Morgan fingerprint density at radius 2 is 1.96 bits per heavy atom. The van der Waals surface area contributed by atoms with Crippen LogP contribution >= 0.6 is 34.8 Å². The number of halogens is 3. The molecule has 0 saturated carbocycles. The van der Waals surface area contributed by atoms with Crippen molar-refractivity contribution in [1.82, 2.24) is 14.8 Å². The fourth-order valence-corrected chi connectivity index (χ4v) is 2.06. The van der Waals surface area contributed by atoms with Gasteiger partial charge in [-0.25, -0.2) is 4.98 Å². The van der Waals surface area contributed by atoms with Gasteiger partial charge >= 0.3 is 5.70 Å². The number of nitro groups is 1. The number of nitrogens with zero attached hydrogens (tertiary/aromatic N) is 4. The Morgan fingerprint density at radius 3 is 2.42 bits per heavy atom. The lowest BCUT2D eigenvalue weighted by atomic mass is 10.3. The van der Waals surface area contributed by atoms with E-state index in [1.807, 2.05) is 0 Å². The summed E-state index contributed by atoms with van der Waals surface area (Å²) in [5.74, 6) is 0.550. The molecule has 0 fully saturated rings. The highest BCUT2D eigenvalue weighted by Crippen LogP contribution is 2.30. The molecule has 1 aromatic heterocycles. The second-order valence-electron chi connectivity index (χ2n) is 4.22. The molecule has 1 aromatic carbocycles. The quantitative estimate of drug-likeness (QED) is 0.459. The summed E-state index contributed by atoms with van der Waals surface area (Å²) >= 11 is 17.1. The first kappa shape index (κ1) is 18.1. The summed E-state index contributed by atoms with van der Waals surface area (Å²) < 4.78 is 5.76. The molecule has 0 bridgehead atoms. The van der Waals surface area contributed by atoms with Crippen LogP contribution in [0.15, 0.2) is 52.1 Å². The topological polar surface area (TPSA) is 95.1 Å². The molecule has 0 atom stereocenters. The lowest BCUT2D eigenvalue weighted by molar-refractivity contribution is -0.419. The number of aromatic nitrogens is 3. The van der Waals surface area contributed by atoms with Crippen molar-refractivity contribution in [1.29, 1.82) is 0 Å². The molecule has 1 N–H and O–H groups in total. The predicted octanol–water partition coefficient (Wildman–Crippen LogP) is 3.69. The van der Waals surface area contributed by atoms with E-state index in [0.29, 0.717) is 11.4 Å². The van der Waals surface area contributed by atoms with Gasteiger partial charge in [0.15, 0.2) is 5.03 Å². The van der Waals surface area contributed by atoms with Crippen LogP contribution in [0.4, 0.5) is 5.69 Å². The Morgan fingerprint density at radius 1 is 1.29 bits per heavy atom. The van der Waals surface area contributed by atoms with Crippen molar-refractivity contribution in [2.24, 2.45) is 0 Å². The maximum absolute atomic E-state index is 11.5. The van der Waals surface area contributed by atoms with Gasteiger partial charge in [-0.2, -0.15) is 9.78 Å². The number of benzene rings is 1. The lowest BCUT2D eigenvalue weighted by Crippen LogP contribution is -2.15. The number of methoxy groups -OCH3 is 1. The van der Waals surface area contributed by atoms with Crippen molar-refractivity contribution in [3.63, 3.8) is 0 Å². The first-order valence-electron chi connectivity index (χ1n) is 6.30. The third kappa shape index (κ3) is 4.16. The van der Waals surface area contributed by atoms with Crippen LogP contribution < -0.4 is 10.1 Å². The minimum Gasteiger partial charge on any atom is -0.497 e. The Labute approximate surface area is 151 Å². The summed E-state index contributed by atoms with van der Waals surface area (Å²) in [6, 6.07) is 6.68. The number of nitrogens with one attached hydrogen (secondary N) is 1. The van der Waals surface area contributed by atoms with Crippen LogP contribution in [0, 0.1) is 10.1 Å². The Balaban J connectivity index is 2.57. The fraction of sp³-hybridized carbons (Fsp3) is 0.0769. The normalized spacial score (nSPS) is 11.5. The van der Waals surface area contributed by atoms with E-state index >= 15 is 0 Å². The summed E-state index contributed by atoms with van der Waals surface area (Å²) in [5, 5.41) is 17.8. The molecule has 0 aliphatic rings. The minimum absolute atomic E-state index is 0.0773. The van der Waals surface area contributed by atoms with Crippen LogP contribution in [-0.4, -0.2) is 26.8 Å². The highest BCUT2D eigenvalue weighted by Gasteiger charge is 2.27. The largest absolute Gasteiger partial charge is 0.497 e. The van der Waals surface area contributed by atoms with Crippen molar-refractivity contribution in [2.45, 2.75) is 0 Å². The molecular weight excluding hydrogens is 381 g/mol. The maximum atomic E-state index is 11.5. The summed E-state index contributed by atoms with van der Waals surface area (Å²) in [5.41, 5.74) is -0.0335. The second kappa shape index (κ2) is 8.00. The van der Waals surface area contributed by atoms with Crippen molar-refractivity contribution in [3.8, 4) is 5.75 Å². The molecule has 11 heteroatoms. The zero-order chi connectivity index (χ0) is 17.7. The van der Waals surface area contributed by atoms with Crippen molar-refractivity contribution in [2.75, 3.05) is 12.4 Å². The molecule has 24 heavy (non-hydrogen) atoms. The van der Waals surface area contributed by atoms with Gasteiger partial charge in [0, 0.05) is 5.69 Å². The van der Waals surface area contributed by atoms with Crippen LogP contribution in [0.2, 0.25) is 0 Å². The number of hydrogen-bond acceptors (Lipinski definition) is 6. The molecule has 2 aromatic rings. The van der Waals surface area contributed by atoms with E-state index in [1.165, 1.54) is 19.8 Å². The van der Waals surface area contributed by atoms with Gasteiger partial charge in [-0.3, -0.25) is 10.1 Å². The Bertz CT molecular complexity index is 784. The first-order valence-corrected chi connectivity index (χ1v) is 7.43. The lowest BCUT2D eigenvalue weighted by Gasteiger charge is -2.12. The molecule has 0 spiro atoms. The average Bonchev–Trinajstić information content (AvgIpc) is 3.08. The van der Waals surface area contributed by atoms with E-state index < -0.39 is 20.1 Å². The van der Waals surface area contributed by atoms with Gasteiger partial charge in [0.1, 0.15) is 22.9 Å². The molecule has 8 nitrogen and oxygen atoms in total. The minimum atomic E-state index is -0.722. The molecule has 0 aliphatic heterocycles. The summed E-state index contributed by atoms with van der Waals surface area (Å²) in [6.07, 6.45) is 2.48. The van der Waals surface area contributed by atoms with E-state index in [1.54, 1.807) is 24.3 Å². The standard InChI is InChI=1S/C13H10Cl3N5O3/c1-24-9-4-2-8(3-5-9)19-13(20-7-17-6-18-20)11(21(22)23)10(14)12(15)16/h2-7,19H,1H3. The van der Waals surface area contributed by atoms with Gasteiger partial charge < -0.3 is 10.1 Å². The highest BCUT2D eigenvalue weighted by atomic mass is 35.5. The van der Waals surface area contributed by atoms with Crippen molar-refractivity contribution >= 4 is 46.3 Å². The summed E-state index contributed by atoms with van der Waals surface area (Å²) in [6.45, 7) is 0. The first-order chi connectivity index (χ1) is 11.4. The van der Waals surface area contributed by atoms with E-state index in [0.717, 1.165) is 4.68 Å². The van der Waals surface area contributed by atoms with Crippen LogP contribution in [-0.2, 0) is 0 Å². The van der Waals surface area contributed by atoms with Crippen LogP contribution in [0.3, 0.4) is 0 Å². The van der Waals surface area contributed by atoms with Gasteiger partial charge in [0.05, 0.1) is 12.0 Å². The number of rotatable bonds is 6. The fourth-order valence-electron chi connectivity index (χ4n) is 1.72. The van der Waals surface area contributed by atoms with E-state index in [9.17, 15) is 10.1 Å². The predicted molar refractivity (Wildman–Crippen MR) is 91.4 cm³/mol. The molecule has 0 amide bonds. The molecule has 2 rings (SSSR count). The third-order valence-corrected chi connectivity index (χ3v) is 3.72. The molecular formula is C13H10Cl3N5O3. The molecule has 126 valence electrons. The average molecular weight is 391 g/mol. The summed E-state index contributed by atoms with van der Waals surface area (Å²) in [7, 11) is 1.53. The maximum Gasteiger partial charge on any atom is 0.332 e. The zero-order valence-electron chi connectivity index (χ0n) is 12.1. The molecule has 0 aliphatic carbocycles. The van der Waals surface area contributed by atoms with Gasteiger partial charge in [-0.05, 0) is 24.3 Å². The number of ether oxygens (including phenoxy) is 1. The second-order valence-corrected chi connectivity index (χ2v) is 5.55. The zero-order valence-corrected chi connectivity index (χ0v) is 14.4. The van der Waals surface area contributed by atoms with Gasteiger partial charge in [0.2, 0.25) is 5.82 Å². The SMILES string of the molecule is COc1ccc(NC(=C(C(Cl)=C(Cl)Cl)[N+](=O)[O-])n2cncn2)cc1. The highest BCUT2D eigenvalue weighted by molar-refractivity contribution is 6.59. The number of hydrogen-bond donors (Lipinski definition) is 1. The third-order valence-electron chi connectivity index (χ3n) is 2.78. The van der Waals surface area contributed by atoms with E-state index in [2.05, 4.69) is 15.4 Å². The van der Waals surface area contributed by atoms with Gasteiger partial charge in [-0.1, -0.05) is 34.8 Å². The smallest absolute Gasteiger partial charge is 0.332 e. The number of anilines is 1. The van der Waals surface area contributed by atoms with Crippen LogP contribution in [0.1, 0.15) is 0 Å². The number of allylic oxidation sites excluding steroid dienone is 1. The monoisotopic (exact) mass is 389 g/mol. The molecule has 1 heterocycles. The molecule has 0 saturated heterocycles. The van der Waals surface area contributed by atoms with Gasteiger partial charge in [0.25, 0.3) is 0 Å². The Hall–Kier alpha value is -2.29. The van der Waals surface area contributed by atoms with Crippen LogP contribution in [0.5, 0.6) is 5.75 Å². The van der Waals surface area contributed by atoms with Crippen LogP contribution in [0.25, 0.3) is 5.82 Å². The van der Waals surface area contributed by atoms with E-state index in [-0.39, 0.29) is 5.82 Å². The van der Waals surface area contributed by atoms with E-state index in [4.69, 9.17) is 39.5 Å². The van der Waals surface area contributed by atoms with Crippen molar-refractivity contribution in [3.05, 3.63) is 62.3 Å².